The second kappa shape index (κ2) is 13.8. The van der Waals surface area contributed by atoms with Crippen LogP contribution < -0.4 is 4.90 Å². The van der Waals surface area contributed by atoms with Crippen molar-refractivity contribution in [2.24, 2.45) is 0 Å². The number of hydrogen-bond donors (Lipinski definition) is 0. The van der Waals surface area contributed by atoms with Gasteiger partial charge in [-0.2, -0.15) is 0 Å². The normalized spacial score (nSPS) is 15.6. The molecule has 4 aliphatic rings. The summed E-state index contributed by atoms with van der Waals surface area (Å²) in [7, 11) is 0. The minimum Gasteiger partial charge on any atom is -0.309 e. The van der Waals surface area contributed by atoms with Crippen molar-refractivity contribution in [3.63, 3.8) is 0 Å². The van der Waals surface area contributed by atoms with E-state index in [0.29, 0.717) is 0 Å². The Bertz CT molecular complexity index is 4170. The van der Waals surface area contributed by atoms with Crippen LogP contribution in [0.15, 0.2) is 255 Å². The molecular weight excluding hydrogens is 845 g/mol. The van der Waals surface area contributed by atoms with E-state index < -0.39 is 10.8 Å². The number of rotatable bonds is 4. The predicted octanol–water partition coefficient (Wildman–Crippen LogP) is 16.9. The van der Waals surface area contributed by atoms with Crippen molar-refractivity contribution < 1.29 is 0 Å². The molecule has 0 fully saturated rings. The Morgan fingerprint density at radius 2 is 0.743 bits per heavy atom. The number of benzene rings is 11. The lowest BCUT2D eigenvalue weighted by molar-refractivity contribution is 0.748. The fourth-order valence-corrected chi connectivity index (χ4v) is 14.0. The minimum absolute atomic E-state index is 0.481. The molecule has 1 unspecified atom stereocenters. The average Bonchev–Trinajstić information content (AvgIpc) is 4.13. The first kappa shape index (κ1) is 38.0. The summed E-state index contributed by atoms with van der Waals surface area (Å²) >= 11 is 0. The SMILES string of the molecule is c1ccc(-c2cccc(N(c3cccc4c3-c3ccccc3C43c4ccccc4-c4ccccc43)c3cccc4c3-c3ccccc3C43c4ccccc4-n4c5ccccc5c5cccc3c54)c2)cc1. The van der Waals surface area contributed by atoms with Crippen LogP contribution in [0.25, 0.3) is 72.0 Å². The van der Waals surface area contributed by atoms with E-state index in [2.05, 4.69) is 264 Å². The summed E-state index contributed by atoms with van der Waals surface area (Å²) in [6, 6.07) is 96.1. The molecule has 12 aromatic rings. The second-order valence-corrected chi connectivity index (χ2v) is 19.4. The summed E-state index contributed by atoms with van der Waals surface area (Å²) in [5.41, 5.74) is 26.7. The highest BCUT2D eigenvalue weighted by Gasteiger charge is 2.54. The molecule has 0 amide bonds. The van der Waals surface area contributed by atoms with E-state index in [1.165, 1.54) is 117 Å². The molecule has 3 aliphatic carbocycles. The van der Waals surface area contributed by atoms with Gasteiger partial charge in [0.15, 0.2) is 0 Å². The first-order valence-corrected chi connectivity index (χ1v) is 24.5. The van der Waals surface area contributed by atoms with Gasteiger partial charge in [-0.05, 0) is 114 Å². The Kier molecular flexibility index (Phi) is 7.51. The molecule has 1 aliphatic heterocycles. The maximum absolute atomic E-state index is 2.61. The van der Waals surface area contributed by atoms with Gasteiger partial charge in [-0.25, -0.2) is 0 Å². The van der Waals surface area contributed by atoms with Crippen molar-refractivity contribution in [3.05, 3.63) is 299 Å². The minimum atomic E-state index is -0.591. The van der Waals surface area contributed by atoms with Crippen molar-refractivity contribution in [3.8, 4) is 50.2 Å². The topological polar surface area (TPSA) is 8.17 Å². The lowest BCUT2D eigenvalue weighted by Gasteiger charge is -2.39. The van der Waals surface area contributed by atoms with Gasteiger partial charge in [0.25, 0.3) is 0 Å². The summed E-state index contributed by atoms with van der Waals surface area (Å²) < 4.78 is 2.53. The van der Waals surface area contributed by atoms with E-state index in [1.54, 1.807) is 0 Å². The molecule has 0 N–H and O–H groups in total. The molecule has 16 rings (SSSR count). The van der Waals surface area contributed by atoms with Crippen LogP contribution in [-0.4, -0.2) is 4.57 Å². The lowest BCUT2D eigenvalue weighted by atomic mass is 9.65. The Balaban J connectivity index is 1.03. The fraction of sp³-hybridized carbons (Fsp3) is 0.0294. The number of fused-ring (bicyclic) bond motifs is 22. The maximum atomic E-state index is 2.61. The number of para-hydroxylation sites is 3. The molecule has 2 heteroatoms. The van der Waals surface area contributed by atoms with Crippen molar-refractivity contribution in [2.45, 2.75) is 10.8 Å². The summed E-state index contributed by atoms with van der Waals surface area (Å²) in [5.74, 6) is 0. The van der Waals surface area contributed by atoms with E-state index in [4.69, 9.17) is 0 Å². The van der Waals surface area contributed by atoms with Gasteiger partial charge in [0.2, 0.25) is 0 Å². The number of hydrogen-bond acceptors (Lipinski definition) is 1. The molecule has 2 nitrogen and oxygen atoms in total. The molecule has 324 valence electrons. The van der Waals surface area contributed by atoms with Crippen LogP contribution in [0.5, 0.6) is 0 Å². The summed E-state index contributed by atoms with van der Waals surface area (Å²) in [4.78, 5) is 2.61. The zero-order chi connectivity index (χ0) is 45.7. The Morgan fingerprint density at radius 1 is 0.300 bits per heavy atom. The van der Waals surface area contributed by atoms with Crippen LogP contribution in [0.2, 0.25) is 0 Å². The molecule has 11 aromatic carbocycles. The van der Waals surface area contributed by atoms with Crippen LogP contribution >= 0.6 is 0 Å². The van der Waals surface area contributed by atoms with Gasteiger partial charge in [-0.1, -0.05) is 218 Å². The molecule has 0 saturated carbocycles. The molecule has 0 bridgehead atoms. The van der Waals surface area contributed by atoms with E-state index in [0.717, 1.165) is 17.1 Å². The second-order valence-electron chi connectivity index (χ2n) is 19.4. The molecule has 2 heterocycles. The number of anilines is 3. The third kappa shape index (κ3) is 4.55. The lowest BCUT2D eigenvalue weighted by Crippen LogP contribution is -2.33. The monoisotopic (exact) mass is 886 g/mol. The number of nitrogens with zero attached hydrogens (tertiary/aromatic N) is 2. The van der Waals surface area contributed by atoms with Gasteiger partial charge in [0.1, 0.15) is 0 Å². The Hall–Kier alpha value is -8.98. The Labute approximate surface area is 406 Å². The third-order valence-electron chi connectivity index (χ3n) is 16.4. The molecular formula is C68H42N2. The standard InChI is InChI=1S/C68H42N2/c1-2-20-43(21-3-1)44-22-16-23-45(42-44)69(62-40-18-35-57-64(62)50-27-6-11-32-54(50)67(57)52-30-9-4-24-46(52)47-25-5-10-31-53(47)67)63-41-19-36-58-65(63)51-28-7-12-33-55(51)68(58)56-34-13-15-39-61(56)70-60-38-14-8-26-48(60)49-29-17-37-59(68)66(49)70/h1-42H. The molecule has 0 saturated heterocycles. The van der Waals surface area contributed by atoms with E-state index >= 15 is 0 Å². The first-order valence-electron chi connectivity index (χ1n) is 24.5. The van der Waals surface area contributed by atoms with E-state index in [-0.39, 0.29) is 0 Å². The highest BCUT2D eigenvalue weighted by atomic mass is 15.2. The van der Waals surface area contributed by atoms with Crippen LogP contribution in [0.4, 0.5) is 17.1 Å². The summed E-state index contributed by atoms with van der Waals surface area (Å²) in [6.45, 7) is 0. The molecule has 1 atom stereocenters. The van der Waals surface area contributed by atoms with Crippen molar-refractivity contribution in [1.82, 2.24) is 4.57 Å². The van der Waals surface area contributed by atoms with Crippen molar-refractivity contribution in [2.75, 3.05) is 4.90 Å². The molecule has 1 aromatic heterocycles. The van der Waals surface area contributed by atoms with Crippen LogP contribution in [0, 0.1) is 0 Å². The third-order valence-corrected chi connectivity index (χ3v) is 16.4. The highest BCUT2D eigenvalue weighted by Crippen LogP contribution is 2.67. The van der Waals surface area contributed by atoms with E-state index in [1.807, 2.05) is 0 Å². The predicted molar refractivity (Wildman–Crippen MR) is 288 cm³/mol. The smallest absolute Gasteiger partial charge is 0.0755 e. The quantitative estimate of drug-likeness (QED) is 0.171. The summed E-state index contributed by atoms with van der Waals surface area (Å²) in [6.07, 6.45) is 0. The molecule has 2 spiro atoms. The fourth-order valence-electron chi connectivity index (χ4n) is 14.0. The van der Waals surface area contributed by atoms with Crippen LogP contribution in [0.1, 0.15) is 44.5 Å². The van der Waals surface area contributed by atoms with Crippen molar-refractivity contribution >= 4 is 38.9 Å². The van der Waals surface area contributed by atoms with Gasteiger partial charge in [-0.15, -0.1) is 0 Å². The maximum Gasteiger partial charge on any atom is 0.0755 e. The van der Waals surface area contributed by atoms with E-state index in [9.17, 15) is 0 Å². The highest BCUT2D eigenvalue weighted by molar-refractivity contribution is 6.13. The molecule has 0 radical (unpaired) electrons. The van der Waals surface area contributed by atoms with Crippen LogP contribution in [-0.2, 0) is 10.8 Å². The summed E-state index contributed by atoms with van der Waals surface area (Å²) in [5, 5.41) is 2.56. The number of aromatic nitrogens is 1. The Morgan fingerprint density at radius 3 is 1.40 bits per heavy atom. The average molecular weight is 887 g/mol. The van der Waals surface area contributed by atoms with Gasteiger partial charge in [0, 0.05) is 27.6 Å². The largest absolute Gasteiger partial charge is 0.309 e. The zero-order valence-corrected chi connectivity index (χ0v) is 38.1. The first-order chi connectivity index (χ1) is 34.8. The van der Waals surface area contributed by atoms with Gasteiger partial charge in [-0.3, -0.25) is 0 Å². The zero-order valence-electron chi connectivity index (χ0n) is 38.1. The molecule has 70 heavy (non-hydrogen) atoms. The van der Waals surface area contributed by atoms with Gasteiger partial charge >= 0.3 is 0 Å². The van der Waals surface area contributed by atoms with Crippen LogP contribution in [0.3, 0.4) is 0 Å². The van der Waals surface area contributed by atoms with Gasteiger partial charge < -0.3 is 9.47 Å². The van der Waals surface area contributed by atoms with Gasteiger partial charge in [0.05, 0.1) is 38.9 Å². The van der Waals surface area contributed by atoms with Crippen molar-refractivity contribution in [1.29, 1.82) is 0 Å².